The lowest BCUT2D eigenvalue weighted by Crippen LogP contribution is -2.44. The molecule has 0 saturated heterocycles. The number of carboxylic acid groups (broad SMARTS) is 1. The van der Waals surface area contributed by atoms with Gasteiger partial charge >= 0.3 is 11.9 Å². The molecule has 0 fully saturated rings. The average Bonchev–Trinajstić information content (AvgIpc) is 3.56. The standard InChI is InChI=1S/C33H40N6O9S/c1-21(2)26(33(45)34-25(14-15-49(3,46)47)18-28-36-38-39-37-28)19-27(40)31(23-12-8-5-9-13-23)35-32(44)24(16-29(41)42)17-30(43)48-20-22-10-6-4-7-11-22/h4-15,21,24-26,31H,16-20H2,1-3H3,(H,34,45)(H,35,44)(H,41,42)(H,36,37,38,39)/b15-14+/t24-,25-,26+,31+/m1/s1. The van der Waals surface area contributed by atoms with E-state index in [0.717, 1.165) is 11.7 Å². The second kappa shape index (κ2) is 18.3. The number of carboxylic acids is 1. The number of nitrogens with zero attached hydrogens (tertiary/aromatic N) is 3. The van der Waals surface area contributed by atoms with Gasteiger partial charge < -0.3 is 20.5 Å². The average molecular weight is 697 g/mol. The maximum absolute atomic E-state index is 13.9. The lowest BCUT2D eigenvalue weighted by atomic mass is 9.86. The number of hydrogen-bond donors (Lipinski definition) is 4. The van der Waals surface area contributed by atoms with E-state index in [9.17, 15) is 37.5 Å². The Bertz CT molecular complexity index is 1700. The van der Waals surface area contributed by atoms with E-state index in [0.29, 0.717) is 11.1 Å². The van der Waals surface area contributed by atoms with Gasteiger partial charge in [0.25, 0.3) is 0 Å². The zero-order valence-electron chi connectivity index (χ0n) is 27.3. The summed E-state index contributed by atoms with van der Waals surface area (Å²) in [7, 11) is -3.54. The summed E-state index contributed by atoms with van der Waals surface area (Å²) in [6.07, 6.45) is 0.718. The number of tetrazole rings is 1. The van der Waals surface area contributed by atoms with E-state index in [2.05, 4.69) is 31.3 Å². The highest BCUT2D eigenvalue weighted by molar-refractivity contribution is 7.93. The summed E-state index contributed by atoms with van der Waals surface area (Å²) in [6.45, 7) is 3.40. The van der Waals surface area contributed by atoms with E-state index in [1.807, 2.05) is 0 Å². The molecule has 1 heterocycles. The Hall–Kier alpha value is -5.25. The van der Waals surface area contributed by atoms with E-state index >= 15 is 0 Å². The predicted octanol–water partition coefficient (Wildman–Crippen LogP) is 2.10. The minimum absolute atomic E-state index is 0.00840. The van der Waals surface area contributed by atoms with Crippen LogP contribution in [0.1, 0.15) is 56.1 Å². The second-order valence-corrected chi connectivity index (χ2v) is 13.8. The van der Waals surface area contributed by atoms with Crippen LogP contribution in [0.15, 0.2) is 72.1 Å². The van der Waals surface area contributed by atoms with E-state index in [1.54, 1.807) is 74.5 Å². The molecule has 2 aromatic carbocycles. The number of carbonyl (C=O) groups excluding carboxylic acids is 4. The molecule has 16 heteroatoms. The van der Waals surface area contributed by atoms with Gasteiger partial charge in [-0.2, -0.15) is 5.21 Å². The van der Waals surface area contributed by atoms with Crippen molar-refractivity contribution in [1.29, 1.82) is 0 Å². The first-order valence-electron chi connectivity index (χ1n) is 15.4. The summed E-state index contributed by atoms with van der Waals surface area (Å²) < 4.78 is 28.8. The number of aromatic amines is 1. The first-order valence-corrected chi connectivity index (χ1v) is 17.4. The molecule has 4 N–H and O–H groups in total. The van der Waals surface area contributed by atoms with Crippen molar-refractivity contribution < 1.29 is 42.2 Å². The molecule has 0 bridgehead atoms. The smallest absolute Gasteiger partial charge is 0.306 e. The molecular formula is C33H40N6O9S. The molecule has 0 radical (unpaired) electrons. The Kier molecular flexibility index (Phi) is 14.3. The molecule has 4 atom stereocenters. The molecule has 15 nitrogen and oxygen atoms in total. The summed E-state index contributed by atoms with van der Waals surface area (Å²) in [5.74, 6) is -6.49. The molecule has 3 rings (SSSR count). The van der Waals surface area contributed by atoms with Crippen molar-refractivity contribution in [2.24, 2.45) is 17.8 Å². The predicted molar refractivity (Wildman–Crippen MR) is 176 cm³/mol. The first kappa shape index (κ1) is 38.2. The SMILES string of the molecule is CC(C)[C@H](CC(=O)[C@@H](NC(=O)[C@H](CC(=O)O)CC(=O)OCc1ccccc1)c1ccccc1)C(=O)N[C@H](/C=C/S(C)(=O)=O)Cc1nn[nH]n1. The van der Waals surface area contributed by atoms with E-state index in [1.165, 1.54) is 6.08 Å². The molecule has 0 aliphatic carbocycles. The number of benzene rings is 2. The van der Waals surface area contributed by atoms with Crippen LogP contribution in [0, 0.1) is 17.8 Å². The Balaban J connectivity index is 1.79. The molecule has 1 aromatic heterocycles. The van der Waals surface area contributed by atoms with Gasteiger partial charge in [0.1, 0.15) is 12.6 Å². The third kappa shape index (κ3) is 13.4. The number of Topliss-reactive ketones (excluding diaryl/α,β-unsaturated/α-hetero) is 1. The molecule has 0 unspecified atom stereocenters. The van der Waals surface area contributed by atoms with Crippen LogP contribution in [0.3, 0.4) is 0 Å². The Morgan fingerprint density at radius 3 is 2.14 bits per heavy atom. The van der Waals surface area contributed by atoms with Crippen LogP contribution < -0.4 is 10.6 Å². The number of carbonyl (C=O) groups is 5. The number of aliphatic carboxylic acids is 1. The number of H-pyrrole nitrogens is 1. The van der Waals surface area contributed by atoms with Gasteiger partial charge in [0.15, 0.2) is 21.4 Å². The highest BCUT2D eigenvalue weighted by atomic mass is 32.2. The number of ether oxygens (including phenoxy) is 1. The van der Waals surface area contributed by atoms with Crippen molar-refractivity contribution in [1.82, 2.24) is 31.3 Å². The van der Waals surface area contributed by atoms with E-state index in [4.69, 9.17) is 4.74 Å². The summed E-state index contributed by atoms with van der Waals surface area (Å²) in [6, 6.07) is 14.9. The molecule has 0 saturated carbocycles. The van der Waals surface area contributed by atoms with Crippen LogP contribution in [-0.2, 0) is 51.6 Å². The second-order valence-electron chi connectivity index (χ2n) is 11.8. The number of ketones is 1. The summed E-state index contributed by atoms with van der Waals surface area (Å²) >= 11 is 0. The normalized spacial score (nSPS) is 14.0. The molecule has 0 spiro atoms. The topological polar surface area (TPSA) is 227 Å². The van der Waals surface area contributed by atoms with Gasteiger partial charge in [-0.1, -0.05) is 85.8 Å². The highest BCUT2D eigenvalue weighted by Gasteiger charge is 2.34. The minimum atomic E-state index is -3.54. The van der Waals surface area contributed by atoms with Crippen molar-refractivity contribution in [2.45, 2.75) is 58.2 Å². The van der Waals surface area contributed by atoms with Gasteiger partial charge in [0.05, 0.1) is 24.8 Å². The van der Waals surface area contributed by atoms with Gasteiger partial charge in [0.2, 0.25) is 11.8 Å². The number of rotatable bonds is 19. The Morgan fingerprint density at radius 1 is 0.918 bits per heavy atom. The number of esters is 1. The van der Waals surface area contributed by atoms with Crippen molar-refractivity contribution in [3.05, 3.63) is 89.1 Å². The molecule has 49 heavy (non-hydrogen) atoms. The van der Waals surface area contributed by atoms with Crippen molar-refractivity contribution in [3.63, 3.8) is 0 Å². The summed E-state index contributed by atoms with van der Waals surface area (Å²) in [4.78, 5) is 65.2. The van der Waals surface area contributed by atoms with Gasteiger partial charge in [-0.3, -0.25) is 24.0 Å². The van der Waals surface area contributed by atoms with Crippen molar-refractivity contribution in [2.75, 3.05) is 6.26 Å². The van der Waals surface area contributed by atoms with Gasteiger partial charge in [-0.05, 0) is 17.0 Å². The van der Waals surface area contributed by atoms with Gasteiger partial charge in [-0.15, -0.1) is 10.2 Å². The monoisotopic (exact) mass is 696 g/mol. The van der Waals surface area contributed by atoms with E-state index < -0.39 is 76.1 Å². The van der Waals surface area contributed by atoms with Gasteiger partial charge in [-0.25, -0.2) is 8.42 Å². The van der Waals surface area contributed by atoms with Crippen LogP contribution in [-0.4, -0.2) is 76.0 Å². The zero-order chi connectivity index (χ0) is 36.0. The zero-order valence-corrected chi connectivity index (χ0v) is 28.1. The van der Waals surface area contributed by atoms with Crippen LogP contribution >= 0.6 is 0 Å². The van der Waals surface area contributed by atoms with Gasteiger partial charge in [0, 0.05) is 30.4 Å². The van der Waals surface area contributed by atoms with Crippen LogP contribution in [0.5, 0.6) is 0 Å². The quantitative estimate of drug-likeness (QED) is 0.132. The molecule has 262 valence electrons. The van der Waals surface area contributed by atoms with E-state index in [-0.39, 0.29) is 31.2 Å². The lowest BCUT2D eigenvalue weighted by Gasteiger charge is -2.26. The molecular weight excluding hydrogens is 656 g/mol. The molecule has 2 amide bonds. The molecule has 0 aliphatic heterocycles. The third-order valence-corrected chi connectivity index (χ3v) is 8.08. The van der Waals surface area contributed by atoms with Crippen molar-refractivity contribution >= 4 is 39.4 Å². The lowest BCUT2D eigenvalue weighted by molar-refractivity contribution is -0.150. The molecule has 0 aliphatic rings. The number of amides is 2. The minimum Gasteiger partial charge on any atom is -0.481 e. The summed E-state index contributed by atoms with van der Waals surface area (Å²) in [5.41, 5.74) is 1.09. The Labute approximate surface area is 283 Å². The fraction of sp³-hybridized carbons (Fsp3) is 0.394. The number of hydrogen-bond acceptors (Lipinski definition) is 11. The van der Waals surface area contributed by atoms with Crippen LogP contribution in [0.25, 0.3) is 0 Å². The fourth-order valence-electron chi connectivity index (χ4n) is 4.85. The number of nitrogens with one attached hydrogen (secondary N) is 3. The summed E-state index contributed by atoms with van der Waals surface area (Å²) in [5, 5.41) is 29.3. The molecule has 3 aromatic rings. The maximum Gasteiger partial charge on any atom is 0.306 e. The highest BCUT2D eigenvalue weighted by Crippen LogP contribution is 2.24. The third-order valence-electron chi connectivity index (χ3n) is 7.43. The van der Waals surface area contributed by atoms with Crippen LogP contribution in [0.4, 0.5) is 0 Å². The van der Waals surface area contributed by atoms with Crippen LogP contribution in [0.2, 0.25) is 0 Å². The first-order chi connectivity index (χ1) is 23.2. The number of aromatic nitrogens is 4. The largest absolute Gasteiger partial charge is 0.481 e. The fourth-order valence-corrected chi connectivity index (χ4v) is 5.32. The number of sulfone groups is 1. The van der Waals surface area contributed by atoms with Crippen molar-refractivity contribution in [3.8, 4) is 0 Å². The Morgan fingerprint density at radius 2 is 1.57 bits per heavy atom. The maximum atomic E-state index is 13.9.